The van der Waals surface area contributed by atoms with Crippen molar-refractivity contribution in [3.63, 3.8) is 0 Å². The van der Waals surface area contributed by atoms with E-state index in [-0.39, 0.29) is 11.8 Å². The lowest BCUT2D eigenvalue weighted by molar-refractivity contribution is 0.138. The van der Waals surface area contributed by atoms with Crippen LogP contribution in [0.2, 0.25) is 0 Å². The third-order valence-electron chi connectivity index (χ3n) is 3.92. The molecule has 2 fully saturated rings. The van der Waals surface area contributed by atoms with Crippen molar-refractivity contribution >= 4 is 6.03 Å². The molecule has 0 radical (unpaired) electrons. The molecule has 2 heterocycles. The van der Waals surface area contributed by atoms with E-state index in [1.165, 1.54) is 12.1 Å². The summed E-state index contributed by atoms with van der Waals surface area (Å²) in [4.78, 5) is 18.4. The zero-order valence-corrected chi connectivity index (χ0v) is 11.1. The smallest absolute Gasteiger partial charge is 0.318 e. The van der Waals surface area contributed by atoms with Crippen LogP contribution in [-0.2, 0) is 6.54 Å². The number of piperazine rings is 1. The van der Waals surface area contributed by atoms with Crippen molar-refractivity contribution in [2.24, 2.45) is 0 Å². The predicted octanol–water partition coefficient (Wildman–Crippen LogP) is 1.38. The summed E-state index contributed by atoms with van der Waals surface area (Å²) in [6.07, 6.45) is 0. The fourth-order valence-electron chi connectivity index (χ4n) is 2.88. The van der Waals surface area contributed by atoms with Crippen LogP contribution in [-0.4, -0.2) is 60.0 Å². The van der Waals surface area contributed by atoms with Crippen LogP contribution in [0.3, 0.4) is 0 Å². The van der Waals surface area contributed by atoms with Gasteiger partial charge in [-0.05, 0) is 24.7 Å². The summed E-state index contributed by atoms with van der Waals surface area (Å²) in [6, 6.07) is 6.78. The van der Waals surface area contributed by atoms with Gasteiger partial charge in [0, 0.05) is 32.7 Å². The first-order valence-electron chi connectivity index (χ1n) is 6.62. The van der Waals surface area contributed by atoms with Crippen LogP contribution in [0.1, 0.15) is 5.56 Å². The predicted molar refractivity (Wildman–Crippen MR) is 70.2 cm³/mol. The van der Waals surface area contributed by atoms with Gasteiger partial charge in [-0.1, -0.05) is 12.1 Å². The number of hydrogen-bond donors (Lipinski definition) is 0. The minimum Gasteiger partial charge on any atom is -0.318 e. The molecule has 1 aromatic rings. The fraction of sp³-hybridized carbons (Fsp3) is 0.500. The first-order valence-corrected chi connectivity index (χ1v) is 6.62. The Balaban J connectivity index is 1.69. The summed E-state index contributed by atoms with van der Waals surface area (Å²) in [7, 11) is 2.09. The van der Waals surface area contributed by atoms with Gasteiger partial charge in [0.1, 0.15) is 5.82 Å². The Morgan fingerprint density at radius 2 is 1.95 bits per heavy atom. The fourth-order valence-corrected chi connectivity index (χ4v) is 2.88. The van der Waals surface area contributed by atoms with Gasteiger partial charge in [0.25, 0.3) is 0 Å². The molecular weight excluding hydrogens is 245 g/mol. The number of benzene rings is 1. The molecule has 5 heteroatoms. The Kier molecular flexibility index (Phi) is 3.14. The van der Waals surface area contributed by atoms with E-state index in [1.54, 1.807) is 12.1 Å². The van der Waals surface area contributed by atoms with E-state index in [1.807, 2.05) is 9.80 Å². The number of rotatable bonds is 2. The van der Waals surface area contributed by atoms with Crippen LogP contribution in [0.5, 0.6) is 0 Å². The molecule has 2 amide bonds. The van der Waals surface area contributed by atoms with Crippen LogP contribution < -0.4 is 0 Å². The van der Waals surface area contributed by atoms with Crippen molar-refractivity contribution < 1.29 is 9.18 Å². The van der Waals surface area contributed by atoms with Crippen LogP contribution in [0.25, 0.3) is 0 Å². The second kappa shape index (κ2) is 4.81. The summed E-state index contributed by atoms with van der Waals surface area (Å²) in [5.74, 6) is -0.240. The number of urea groups is 1. The van der Waals surface area contributed by atoms with Gasteiger partial charge in [0.05, 0.1) is 6.04 Å². The van der Waals surface area contributed by atoms with Gasteiger partial charge in [-0.3, -0.25) is 0 Å². The molecule has 3 rings (SSSR count). The molecular formula is C14H18FN3O. The Hall–Kier alpha value is -1.62. The van der Waals surface area contributed by atoms with Gasteiger partial charge in [-0.2, -0.15) is 0 Å². The van der Waals surface area contributed by atoms with Gasteiger partial charge in [0.2, 0.25) is 0 Å². The maximum Gasteiger partial charge on any atom is 0.320 e. The van der Waals surface area contributed by atoms with E-state index in [0.717, 1.165) is 31.7 Å². The highest BCUT2D eigenvalue weighted by molar-refractivity contribution is 5.77. The molecule has 2 aliphatic heterocycles. The average molecular weight is 263 g/mol. The third kappa shape index (κ3) is 2.42. The largest absolute Gasteiger partial charge is 0.320 e. The lowest BCUT2D eigenvalue weighted by Crippen LogP contribution is -2.50. The lowest BCUT2D eigenvalue weighted by Gasteiger charge is -2.33. The zero-order valence-electron chi connectivity index (χ0n) is 11.1. The minimum atomic E-state index is -0.240. The Morgan fingerprint density at radius 3 is 2.68 bits per heavy atom. The van der Waals surface area contributed by atoms with Crippen molar-refractivity contribution in [1.82, 2.24) is 14.7 Å². The molecule has 0 aliphatic carbocycles. The van der Waals surface area contributed by atoms with Gasteiger partial charge < -0.3 is 14.7 Å². The van der Waals surface area contributed by atoms with Gasteiger partial charge >= 0.3 is 6.03 Å². The van der Waals surface area contributed by atoms with E-state index in [2.05, 4.69) is 11.9 Å². The number of carbonyl (C=O) groups excluding carboxylic acids is 1. The lowest BCUT2D eigenvalue weighted by atomic mass is 10.2. The molecule has 0 spiro atoms. The van der Waals surface area contributed by atoms with Crippen LogP contribution in [0.15, 0.2) is 24.3 Å². The minimum absolute atomic E-state index is 0.113. The summed E-state index contributed by atoms with van der Waals surface area (Å²) >= 11 is 0. The van der Waals surface area contributed by atoms with Crippen molar-refractivity contribution in [2.45, 2.75) is 12.6 Å². The number of nitrogens with zero attached hydrogens (tertiary/aromatic N) is 3. The monoisotopic (exact) mass is 263 g/mol. The second-order valence-electron chi connectivity index (χ2n) is 5.40. The third-order valence-corrected chi connectivity index (χ3v) is 3.92. The summed E-state index contributed by atoms with van der Waals surface area (Å²) in [5.41, 5.74) is 0.975. The normalized spacial score (nSPS) is 23.9. The molecule has 0 aromatic heterocycles. The zero-order chi connectivity index (χ0) is 13.4. The summed E-state index contributed by atoms with van der Waals surface area (Å²) < 4.78 is 12.9. The molecule has 2 aliphatic rings. The highest BCUT2D eigenvalue weighted by atomic mass is 19.1. The van der Waals surface area contributed by atoms with Gasteiger partial charge in [-0.15, -0.1) is 0 Å². The molecule has 0 bridgehead atoms. The van der Waals surface area contributed by atoms with Gasteiger partial charge in [0.15, 0.2) is 0 Å². The highest BCUT2D eigenvalue weighted by Crippen LogP contribution is 2.21. The molecule has 1 unspecified atom stereocenters. The number of amides is 2. The Bertz CT molecular complexity index is 476. The van der Waals surface area contributed by atoms with E-state index >= 15 is 0 Å². The van der Waals surface area contributed by atoms with Crippen molar-refractivity contribution in [1.29, 1.82) is 0 Å². The van der Waals surface area contributed by atoms with Crippen LogP contribution in [0, 0.1) is 5.82 Å². The average Bonchev–Trinajstić information content (AvgIpc) is 2.68. The molecule has 19 heavy (non-hydrogen) atoms. The second-order valence-corrected chi connectivity index (χ2v) is 5.40. The number of fused-ring (bicyclic) bond motifs is 1. The van der Waals surface area contributed by atoms with Crippen molar-refractivity contribution in [3.8, 4) is 0 Å². The SMILES string of the molecule is CN1CCN2C(=O)N(Cc3ccc(F)cc3)CC2C1. The molecule has 1 atom stereocenters. The van der Waals surface area contributed by atoms with Gasteiger partial charge in [-0.25, -0.2) is 9.18 Å². The first-order chi connectivity index (χ1) is 9.13. The summed E-state index contributed by atoms with van der Waals surface area (Å²) in [6.45, 7) is 4.01. The molecule has 0 saturated carbocycles. The highest BCUT2D eigenvalue weighted by Gasteiger charge is 2.39. The molecule has 102 valence electrons. The first kappa shape index (κ1) is 12.4. The molecule has 4 nitrogen and oxygen atoms in total. The number of carbonyl (C=O) groups is 1. The van der Waals surface area contributed by atoms with Crippen LogP contribution in [0.4, 0.5) is 9.18 Å². The Labute approximate surface area is 112 Å². The quantitative estimate of drug-likeness (QED) is 0.806. The van der Waals surface area contributed by atoms with E-state index < -0.39 is 0 Å². The number of halogens is 1. The maximum atomic E-state index is 12.9. The molecule has 2 saturated heterocycles. The standard InChI is InChI=1S/C14H18FN3O/c1-16-6-7-18-13(9-16)10-17(14(18)19)8-11-2-4-12(15)5-3-11/h2-5,13H,6-10H2,1H3. The molecule has 1 aromatic carbocycles. The maximum absolute atomic E-state index is 12.9. The number of likely N-dealkylation sites (N-methyl/N-ethyl adjacent to an activating group) is 1. The van der Waals surface area contributed by atoms with E-state index in [4.69, 9.17) is 0 Å². The van der Waals surface area contributed by atoms with Crippen molar-refractivity contribution in [2.75, 3.05) is 33.2 Å². The summed E-state index contributed by atoms with van der Waals surface area (Å²) in [5, 5.41) is 0. The van der Waals surface area contributed by atoms with Crippen molar-refractivity contribution in [3.05, 3.63) is 35.6 Å². The number of hydrogen-bond acceptors (Lipinski definition) is 2. The topological polar surface area (TPSA) is 26.8 Å². The van der Waals surface area contributed by atoms with Crippen LogP contribution >= 0.6 is 0 Å². The van der Waals surface area contributed by atoms with E-state index in [0.29, 0.717) is 12.6 Å². The van der Waals surface area contributed by atoms with E-state index in [9.17, 15) is 9.18 Å². The Morgan fingerprint density at radius 1 is 1.21 bits per heavy atom. The molecule has 0 N–H and O–H groups in total.